The predicted molar refractivity (Wildman–Crippen MR) is 63.1 cm³/mol. The number of hydrogen-bond donors (Lipinski definition) is 2. The van der Waals surface area contributed by atoms with Crippen molar-refractivity contribution in [3.63, 3.8) is 0 Å². The Hall–Kier alpha value is -1.47. The van der Waals surface area contributed by atoms with Gasteiger partial charge in [-0.15, -0.1) is 0 Å². The average molecular weight is 333 g/mol. The number of hydrogen-bond acceptors (Lipinski definition) is 6. The molecule has 95 valence electrons. The minimum atomic E-state index is 0. The summed E-state index contributed by atoms with van der Waals surface area (Å²) in [6.45, 7) is 0.522. The summed E-state index contributed by atoms with van der Waals surface area (Å²) in [5.41, 5.74) is 1.18. The van der Waals surface area contributed by atoms with E-state index in [4.69, 9.17) is 9.15 Å². The van der Waals surface area contributed by atoms with Crippen LogP contribution in [0.3, 0.4) is 0 Å². The maximum atomic E-state index is 5.23. The van der Waals surface area contributed by atoms with Crippen molar-refractivity contribution in [1.29, 1.82) is 0 Å². The van der Waals surface area contributed by atoms with Crippen LogP contribution in [0.4, 0.5) is 5.82 Å². The van der Waals surface area contributed by atoms with Gasteiger partial charge in [0.05, 0.1) is 25.6 Å². The maximum absolute atomic E-state index is 5.23. The fourth-order valence-electron chi connectivity index (χ4n) is 1.58. The summed E-state index contributed by atoms with van der Waals surface area (Å²) in [5, 5.41) is 3.12. The van der Waals surface area contributed by atoms with Crippen LogP contribution in [0.5, 0.6) is 6.01 Å². The first-order chi connectivity index (χ1) is 8.86. The third-order valence-corrected chi connectivity index (χ3v) is 2.42. The zero-order valence-corrected chi connectivity index (χ0v) is 13.0. The van der Waals surface area contributed by atoms with Gasteiger partial charge in [-0.1, -0.05) is 0 Å². The van der Waals surface area contributed by atoms with Crippen molar-refractivity contribution in [1.82, 2.24) is 19.9 Å². The van der Waals surface area contributed by atoms with Gasteiger partial charge >= 0.3 is 0 Å². The largest absolute Gasteiger partial charge is 0.469 e. The molecule has 0 aliphatic carbocycles. The van der Waals surface area contributed by atoms with E-state index >= 15 is 0 Å². The van der Waals surface area contributed by atoms with Gasteiger partial charge in [0.2, 0.25) is 0 Å². The molecule has 0 amide bonds. The molecule has 0 unspecified atom stereocenters. The van der Waals surface area contributed by atoms with E-state index < -0.39 is 0 Å². The number of anilines is 1. The summed E-state index contributed by atoms with van der Waals surface area (Å²) >= 11 is 0. The molecule has 8 heteroatoms. The first kappa shape index (κ1) is 14.0. The standard InChI is InChI=1S/C11H10N5O2.Y/c1-17-11-15-8-9(13-6-14-10(8)16-11)12-5-7-3-2-4-18-7;/h2-4H,5H2,1H3,(H2,12,13,14,15,16);/q-1;. The fourth-order valence-corrected chi connectivity index (χ4v) is 1.58. The van der Waals surface area contributed by atoms with Crippen LogP contribution >= 0.6 is 0 Å². The zero-order valence-electron chi connectivity index (χ0n) is 10.2. The van der Waals surface area contributed by atoms with E-state index in [0.717, 1.165) is 5.76 Å². The van der Waals surface area contributed by atoms with Crippen LogP contribution in [-0.4, -0.2) is 27.0 Å². The van der Waals surface area contributed by atoms with E-state index in [-0.39, 0.29) is 32.7 Å². The molecule has 0 fully saturated rings. The topological polar surface area (TPSA) is 88.9 Å². The molecule has 0 saturated heterocycles. The molecule has 3 aromatic heterocycles. The van der Waals surface area contributed by atoms with Gasteiger partial charge in [-0.3, -0.25) is 0 Å². The monoisotopic (exact) mass is 333 g/mol. The Morgan fingerprint density at radius 3 is 3.11 bits per heavy atom. The fraction of sp³-hybridized carbons (Fsp3) is 0.182. The third kappa shape index (κ3) is 2.93. The number of nitrogens with one attached hydrogen (secondary N) is 2. The van der Waals surface area contributed by atoms with Crippen molar-refractivity contribution in [2.75, 3.05) is 12.4 Å². The molecular formula is C11H10N5O2Y-. The van der Waals surface area contributed by atoms with Gasteiger partial charge in [0.25, 0.3) is 6.01 Å². The zero-order chi connectivity index (χ0) is 12.4. The van der Waals surface area contributed by atoms with Crippen LogP contribution in [-0.2, 0) is 39.3 Å². The van der Waals surface area contributed by atoms with Gasteiger partial charge in [-0.05, 0) is 12.1 Å². The molecule has 0 aliphatic heterocycles. The molecule has 0 saturated carbocycles. The summed E-state index contributed by atoms with van der Waals surface area (Å²) in [6.07, 6.45) is 4.16. The number of nitrogens with zero attached hydrogens (tertiary/aromatic N) is 3. The van der Waals surface area contributed by atoms with Crippen molar-refractivity contribution in [2.24, 2.45) is 0 Å². The molecule has 1 radical (unpaired) electrons. The van der Waals surface area contributed by atoms with Crippen LogP contribution in [0.25, 0.3) is 11.2 Å². The maximum Gasteiger partial charge on any atom is 0.281 e. The molecular weight excluding hydrogens is 323 g/mol. The number of rotatable bonds is 4. The SMILES string of the molecule is COc1nc2n[c-]nc(NCc3ccco3)c2[nH]1.[Y]. The van der Waals surface area contributed by atoms with E-state index in [1.165, 1.54) is 7.11 Å². The number of imidazole rings is 1. The second kappa shape index (κ2) is 6.12. The summed E-state index contributed by atoms with van der Waals surface area (Å²) < 4.78 is 10.2. The number of fused-ring (bicyclic) bond motifs is 1. The molecule has 0 aromatic carbocycles. The number of aromatic amines is 1. The molecule has 0 aliphatic rings. The van der Waals surface area contributed by atoms with Crippen molar-refractivity contribution < 1.29 is 41.9 Å². The molecule has 0 atom stereocenters. The van der Waals surface area contributed by atoms with E-state index in [0.29, 0.717) is 29.5 Å². The van der Waals surface area contributed by atoms with Gasteiger partial charge < -0.3 is 29.4 Å². The Balaban J connectivity index is 0.00000133. The Morgan fingerprint density at radius 1 is 1.47 bits per heavy atom. The average Bonchev–Trinajstić information content (AvgIpc) is 3.04. The first-order valence-electron chi connectivity index (χ1n) is 5.31. The van der Waals surface area contributed by atoms with E-state index in [9.17, 15) is 0 Å². The van der Waals surface area contributed by atoms with Gasteiger partial charge in [0.15, 0.2) is 0 Å². The predicted octanol–water partition coefficient (Wildman–Crippen LogP) is 1.36. The Bertz CT molecular complexity index is 652. The van der Waals surface area contributed by atoms with Gasteiger partial charge in [0.1, 0.15) is 5.76 Å². The van der Waals surface area contributed by atoms with Crippen molar-refractivity contribution in [3.05, 3.63) is 30.5 Å². The Labute approximate surface area is 134 Å². The van der Waals surface area contributed by atoms with E-state index in [1.807, 2.05) is 12.1 Å². The van der Waals surface area contributed by atoms with Crippen LogP contribution in [0.1, 0.15) is 5.76 Å². The molecule has 3 aromatic rings. The van der Waals surface area contributed by atoms with E-state index in [2.05, 4.69) is 31.6 Å². The molecule has 7 nitrogen and oxygen atoms in total. The van der Waals surface area contributed by atoms with Gasteiger partial charge in [-0.25, -0.2) is 4.98 Å². The molecule has 2 N–H and O–H groups in total. The quantitative estimate of drug-likeness (QED) is 0.701. The molecule has 19 heavy (non-hydrogen) atoms. The number of aromatic nitrogens is 4. The summed E-state index contributed by atoms with van der Waals surface area (Å²) in [7, 11) is 1.53. The number of furan rings is 1. The summed E-state index contributed by atoms with van der Waals surface area (Å²) in [6, 6.07) is 4.10. The second-order valence-corrected chi connectivity index (χ2v) is 3.55. The van der Waals surface area contributed by atoms with Crippen LogP contribution in [0.2, 0.25) is 0 Å². The van der Waals surface area contributed by atoms with Crippen molar-refractivity contribution in [2.45, 2.75) is 6.54 Å². The second-order valence-electron chi connectivity index (χ2n) is 3.55. The van der Waals surface area contributed by atoms with Gasteiger partial charge in [0, 0.05) is 50.4 Å². The van der Waals surface area contributed by atoms with Crippen LogP contribution in [0, 0.1) is 6.33 Å². The molecule has 0 bridgehead atoms. The molecule has 0 spiro atoms. The van der Waals surface area contributed by atoms with Crippen LogP contribution < -0.4 is 10.1 Å². The number of ether oxygens (including phenoxy) is 1. The summed E-state index contributed by atoms with van der Waals surface area (Å²) in [5.74, 6) is 1.42. The van der Waals surface area contributed by atoms with E-state index in [1.54, 1.807) is 6.26 Å². The minimum absolute atomic E-state index is 0. The molecule has 3 rings (SSSR count). The van der Waals surface area contributed by atoms with Crippen molar-refractivity contribution in [3.8, 4) is 6.01 Å². The van der Waals surface area contributed by atoms with Crippen LogP contribution in [0.15, 0.2) is 22.8 Å². The third-order valence-electron chi connectivity index (χ3n) is 2.42. The number of H-pyrrole nitrogens is 1. The Kier molecular flexibility index (Phi) is 4.49. The molecule has 3 heterocycles. The number of methoxy groups -OCH3 is 1. The smallest absolute Gasteiger partial charge is 0.281 e. The van der Waals surface area contributed by atoms with Crippen molar-refractivity contribution >= 4 is 17.0 Å². The Morgan fingerprint density at radius 2 is 2.37 bits per heavy atom. The summed E-state index contributed by atoms with van der Waals surface area (Å²) in [4.78, 5) is 15.1. The minimum Gasteiger partial charge on any atom is -0.469 e. The normalized spacial score (nSPS) is 10.2. The van der Waals surface area contributed by atoms with Gasteiger partial charge in [-0.2, -0.15) is 0 Å². The first-order valence-corrected chi connectivity index (χ1v) is 5.31.